The molecule has 5 heteroatoms. The second-order valence-electron chi connectivity index (χ2n) is 4.92. The third-order valence-corrected chi connectivity index (χ3v) is 3.12. The summed E-state index contributed by atoms with van der Waals surface area (Å²) in [6.07, 6.45) is 2.99. The van der Waals surface area contributed by atoms with Crippen molar-refractivity contribution in [1.82, 2.24) is 4.90 Å². The molecule has 0 fully saturated rings. The summed E-state index contributed by atoms with van der Waals surface area (Å²) in [4.78, 5) is 14.4. The Balaban J connectivity index is 2.69. The Morgan fingerprint density at radius 2 is 1.90 bits per heavy atom. The lowest BCUT2D eigenvalue weighted by Crippen LogP contribution is -2.38. The number of amides is 1. The van der Waals surface area contributed by atoms with Crippen molar-refractivity contribution in [3.8, 4) is 5.75 Å². The van der Waals surface area contributed by atoms with E-state index < -0.39 is 0 Å². The highest BCUT2D eigenvalue weighted by Crippen LogP contribution is 2.14. The number of hydrogen-bond acceptors (Lipinski definition) is 3. The molecule has 1 rings (SSSR count). The van der Waals surface area contributed by atoms with Crippen molar-refractivity contribution >= 4 is 23.1 Å². The van der Waals surface area contributed by atoms with Crippen molar-refractivity contribution in [1.29, 1.82) is 0 Å². The maximum absolute atomic E-state index is 12.4. The van der Waals surface area contributed by atoms with Gasteiger partial charge in [0.2, 0.25) is 0 Å². The Bertz CT molecular complexity index is 460. The van der Waals surface area contributed by atoms with Gasteiger partial charge in [-0.3, -0.25) is 4.79 Å². The van der Waals surface area contributed by atoms with Crippen LogP contribution in [0, 0.1) is 0 Å². The zero-order chi connectivity index (χ0) is 15.7. The summed E-state index contributed by atoms with van der Waals surface area (Å²) in [5.41, 5.74) is 6.18. The standard InChI is InChI=1S/C16H24N2O2S/c1-3-5-11-20-14-8-6-13(7-9-14)16(19)18(10-4-2)12-15(17)21/h6-9H,3-5,10-12H2,1-2H3,(H2,17,21). The van der Waals surface area contributed by atoms with Crippen molar-refractivity contribution in [3.05, 3.63) is 29.8 Å². The fourth-order valence-corrected chi connectivity index (χ4v) is 2.08. The monoisotopic (exact) mass is 308 g/mol. The van der Waals surface area contributed by atoms with E-state index in [0.29, 0.717) is 30.2 Å². The van der Waals surface area contributed by atoms with Gasteiger partial charge in [-0.05, 0) is 37.1 Å². The Morgan fingerprint density at radius 3 is 2.43 bits per heavy atom. The predicted molar refractivity (Wildman–Crippen MR) is 89.8 cm³/mol. The Kier molecular flexibility index (Phi) is 7.75. The number of unbranched alkanes of at least 4 members (excludes halogenated alkanes) is 1. The van der Waals surface area contributed by atoms with Crippen LogP contribution in [0.4, 0.5) is 0 Å². The van der Waals surface area contributed by atoms with Gasteiger partial charge in [-0.25, -0.2) is 0 Å². The molecule has 0 aliphatic rings. The molecule has 0 radical (unpaired) electrons. The number of carbonyl (C=O) groups is 1. The summed E-state index contributed by atoms with van der Waals surface area (Å²) in [6, 6.07) is 7.22. The van der Waals surface area contributed by atoms with Crippen LogP contribution in [0.3, 0.4) is 0 Å². The van der Waals surface area contributed by atoms with Crippen LogP contribution in [-0.2, 0) is 0 Å². The first kappa shape index (κ1) is 17.4. The normalized spacial score (nSPS) is 10.2. The minimum Gasteiger partial charge on any atom is -0.494 e. The highest BCUT2D eigenvalue weighted by atomic mass is 32.1. The van der Waals surface area contributed by atoms with E-state index in [1.807, 2.05) is 19.1 Å². The molecule has 0 aromatic heterocycles. The van der Waals surface area contributed by atoms with Crippen molar-refractivity contribution in [3.63, 3.8) is 0 Å². The first-order valence-corrected chi connectivity index (χ1v) is 7.79. The Morgan fingerprint density at radius 1 is 1.24 bits per heavy atom. The molecule has 0 aliphatic carbocycles. The predicted octanol–water partition coefficient (Wildman–Crippen LogP) is 3.00. The van der Waals surface area contributed by atoms with Gasteiger partial charge in [-0.15, -0.1) is 0 Å². The van der Waals surface area contributed by atoms with Gasteiger partial charge in [0.15, 0.2) is 0 Å². The third kappa shape index (κ3) is 6.12. The van der Waals surface area contributed by atoms with E-state index in [9.17, 15) is 4.79 Å². The van der Waals surface area contributed by atoms with Gasteiger partial charge in [-0.2, -0.15) is 0 Å². The molecule has 0 saturated carbocycles. The minimum absolute atomic E-state index is 0.0511. The second-order valence-corrected chi connectivity index (χ2v) is 5.44. The summed E-state index contributed by atoms with van der Waals surface area (Å²) in [5.74, 6) is 0.737. The average molecular weight is 308 g/mol. The second kappa shape index (κ2) is 9.34. The molecule has 0 heterocycles. The molecule has 21 heavy (non-hydrogen) atoms. The van der Waals surface area contributed by atoms with E-state index in [-0.39, 0.29) is 5.91 Å². The van der Waals surface area contributed by atoms with Crippen LogP contribution in [0.5, 0.6) is 5.75 Å². The SMILES string of the molecule is CCCCOc1ccc(C(=O)N(CCC)CC(N)=S)cc1. The van der Waals surface area contributed by atoms with Crippen LogP contribution in [0.25, 0.3) is 0 Å². The zero-order valence-electron chi connectivity index (χ0n) is 12.8. The number of benzene rings is 1. The molecule has 0 spiro atoms. The number of rotatable bonds is 9. The van der Waals surface area contributed by atoms with Crippen LogP contribution in [-0.4, -0.2) is 35.5 Å². The Hall–Kier alpha value is -1.62. The van der Waals surface area contributed by atoms with Gasteiger partial charge >= 0.3 is 0 Å². The number of thiocarbonyl (C=S) groups is 1. The van der Waals surface area contributed by atoms with Crippen molar-refractivity contribution in [2.24, 2.45) is 5.73 Å². The molecule has 0 saturated heterocycles. The topological polar surface area (TPSA) is 55.6 Å². The van der Waals surface area contributed by atoms with Gasteiger partial charge in [-0.1, -0.05) is 32.5 Å². The molecule has 116 valence electrons. The summed E-state index contributed by atoms with van der Waals surface area (Å²) >= 11 is 4.90. The molecule has 0 bridgehead atoms. The summed E-state index contributed by atoms with van der Waals surface area (Å²) in [5, 5.41) is 0. The van der Waals surface area contributed by atoms with Gasteiger partial charge in [0.05, 0.1) is 18.1 Å². The highest BCUT2D eigenvalue weighted by Gasteiger charge is 2.15. The molecule has 1 aromatic carbocycles. The van der Waals surface area contributed by atoms with Gasteiger partial charge in [0.25, 0.3) is 5.91 Å². The largest absolute Gasteiger partial charge is 0.494 e. The van der Waals surface area contributed by atoms with Crippen LogP contribution < -0.4 is 10.5 Å². The smallest absolute Gasteiger partial charge is 0.254 e. The molecule has 0 unspecified atom stereocenters. The quantitative estimate of drug-likeness (QED) is 0.563. The van der Waals surface area contributed by atoms with Crippen LogP contribution in [0.1, 0.15) is 43.5 Å². The van der Waals surface area contributed by atoms with Crippen molar-refractivity contribution in [2.45, 2.75) is 33.1 Å². The molecule has 2 N–H and O–H groups in total. The number of nitrogens with zero attached hydrogens (tertiary/aromatic N) is 1. The third-order valence-electron chi connectivity index (χ3n) is 3.00. The van der Waals surface area contributed by atoms with E-state index >= 15 is 0 Å². The zero-order valence-corrected chi connectivity index (χ0v) is 13.6. The van der Waals surface area contributed by atoms with E-state index in [0.717, 1.165) is 25.0 Å². The first-order valence-electron chi connectivity index (χ1n) is 7.38. The van der Waals surface area contributed by atoms with Gasteiger partial charge in [0.1, 0.15) is 5.75 Å². The summed E-state index contributed by atoms with van der Waals surface area (Å²) < 4.78 is 5.59. The van der Waals surface area contributed by atoms with Crippen molar-refractivity contribution in [2.75, 3.05) is 19.7 Å². The average Bonchev–Trinajstić information content (AvgIpc) is 2.47. The molecular weight excluding hydrogens is 284 g/mol. The van der Waals surface area contributed by atoms with Crippen LogP contribution >= 0.6 is 12.2 Å². The summed E-state index contributed by atoms with van der Waals surface area (Å²) in [7, 11) is 0. The first-order chi connectivity index (χ1) is 10.1. The lowest BCUT2D eigenvalue weighted by atomic mass is 10.2. The lowest BCUT2D eigenvalue weighted by molar-refractivity contribution is 0.0780. The fourth-order valence-electron chi connectivity index (χ4n) is 1.92. The number of carbonyl (C=O) groups excluding carboxylic acids is 1. The van der Waals surface area contributed by atoms with E-state index in [4.69, 9.17) is 22.7 Å². The van der Waals surface area contributed by atoms with E-state index in [1.165, 1.54) is 0 Å². The summed E-state index contributed by atoms with van der Waals surface area (Å²) in [6.45, 7) is 5.80. The molecule has 1 amide bonds. The molecule has 1 aromatic rings. The van der Waals surface area contributed by atoms with Crippen molar-refractivity contribution < 1.29 is 9.53 Å². The van der Waals surface area contributed by atoms with E-state index in [1.54, 1.807) is 17.0 Å². The molecule has 4 nitrogen and oxygen atoms in total. The van der Waals surface area contributed by atoms with E-state index in [2.05, 4.69) is 6.92 Å². The molecule has 0 aliphatic heterocycles. The Labute approximate surface area is 132 Å². The maximum atomic E-state index is 12.4. The highest BCUT2D eigenvalue weighted by molar-refractivity contribution is 7.80. The number of nitrogens with two attached hydrogens (primary N) is 1. The fraction of sp³-hybridized carbons (Fsp3) is 0.500. The maximum Gasteiger partial charge on any atom is 0.254 e. The van der Waals surface area contributed by atoms with Gasteiger partial charge in [0, 0.05) is 12.1 Å². The lowest BCUT2D eigenvalue weighted by Gasteiger charge is -2.21. The molecule has 0 atom stereocenters. The molecular formula is C16H24N2O2S. The number of ether oxygens (including phenoxy) is 1. The van der Waals surface area contributed by atoms with Gasteiger partial charge < -0.3 is 15.4 Å². The van der Waals surface area contributed by atoms with Crippen LogP contribution in [0.15, 0.2) is 24.3 Å². The number of hydrogen-bond donors (Lipinski definition) is 1. The van der Waals surface area contributed by atoms with Crippen LogP contribution in [0.2, 0.25) is 0 Å². The minimum atomic E-state index is -0.0511.